The van der Waals surface area contributed by atoms with Crippen LogP contribution in [0.5, 0.6) is 0 Å². The van der Waals surface area contributed by atoms with Crippen LogP contribution in [0.4, 0.5) is 4.39 Å². The zero-order valence-corrected chi connectivity index (χ0v) is 8.31. The zero-order chi connectivity index (χ0) is 9.68. The van der Waals surface area contributed by atoms with Crippen molar-refractivity contribution in [3.63, 3.8) is 0 Å². The molecule has 1 aromatic carbocycles. The number of benzene rings is 1. The van der Waals surface area contributed by atoms with Crippen LogP contribution in [0.1, 0.15) is 18.5 Å². The second-order valence-corrected chi connectivity index (χ2v) is 3.25. The van der Waals surface area contributed by atoms with Crippen molar-refractivity contribution < 1.29 is 4.39 Å². The van der Waals surface area contributed by atoms with E-state index in [4.69, 9.17) is 11.6 Å². The van der Waals surface area contributed by atoms with E-state index in [9.17, 15) is 4.39 Å². The molecule has 1 rings (SSSR count). The van der Waals surface area contributed by atoms with Crippen molar-refractivity contribution in [3.8, 4) is 0 Å². The summed E-state index contributed by atoms with van der Waals surface area (Å²) < 4.78 is 12.5. The maximum absolute atomic E-state index is 12.5. The van der Waals surface area contributed by atoms with E-state index in [0.29, 0.717) is 5.02 Å². The van der Waals surface area contributed by atoms with Crippen molar-refractivity contribution in [2.45, 2.75) is 13.0 Å². The number of hydrogen-bond donors (Lipinski definition) is 1. The molecule has 1 N–H and O–H groups in total. The minimum atomic E-state index is -0.393. The summed E-state index contributed by atoms with van der Waals surface area (Å²) in [5.74, 6) is 0. The number of nitrogens with one attached hydrogen (secondary N) is 1. The Balaban J connectivity index is 2.73. The van der Waals surface area contributed by atoms with Gasteiger partial charge in [-0.1, -0.05) is 30.7 Å². The van der Waals surface area contributed by atoms with Crippen LogP contribution in [0.25, 0.3) is 0 Å². The lowest BCUT2D eigenvalue weighted by atomic mass is 10.1. The van der Waals surface area contributed by atoms with Crippen molar-refractivity contribution >= 4 is 11.6 Å². The second-order valence-electron chi connectivity index (χ2n) is 2.82. The molecule has 3 heteroatoms. The van der Waals surface area contributed by atoms with Gasteiger partial charge in [0.1, 0.15) is 6.67 Å². The molecular weight excluding hydrogens is 189 g/mol. The Morgan fingerprint density at radius 2 is 2.00 bits per heavy atom. The van der Waals surface area contributed by atoms with Gasteiger partial charge in [-0.2, -0.15) is 0 Å². The minimum absolute atomic E-state index is 0.206. The molecule has 0 fully saturated rings. The molecule has 1 unspecified atom stereocenters. The van der Waals surface area contributed by atoms with Gasteiger partial charge < -0.3 is 5.32 Å². The Labute approximate surface area is 82.9 Å². The van der Waals surface area contributed by atoms with Crippen molar-refractivity contribution in [3.05, 3.63) is 34.9 Å². The SMILES string of the molecule is CCNC(CF)c1ccc(Cl)cc1. The summed E-state index contributed by atoms with van der Waals surface area (Å²) >= 11 is 5.72. The van der Waals surface area contributed by atoms with Gasteiger partial charge in [0.2, 0.25) is 0 Å². The number of rotatable bonds is 4. The third kappa shape index (κ3) is 2.98. The fourth-order valence-corrected chi connectivity index (χ4v) is 1.33. The van der Waals surface area contributed by atoms with E-state index in [1.807, 2.05) is 19.1 Å². The third-order valence-electron chi connectivity index (χ3n) is 1.88. The monoisotopic (exact) mass is 201 g/mol. The van der Waals surface area contributed by atoms with E-state index >= 15 is 0 Å². The molecule has 1 aromatic rings. The van der Waals surface area contributed by atoms with Crippen LogP contribution in [-0.2, 0) is 0 Å². The topological polar surface area (TPSA) is 12.0 Å². The summed E-state index contributed by atoms with van der Waals surface area (Å²) in [6.45, 7) is 2.32. The van der Waals surface area contributed by atoms with Crippen LogP contribution in [0.2, 0.25) is 5.02 Å². The van der Waals surface area contributed by atoms with Crippen molar-refractivity contribution in [2.75, 3.05) is 13.2 Å². The number of hydrogen-bond acceptors (Lipinski definition) is 1. The first kappa shape index (κ1) is 10.5. The highest BCUT2D eigenvalue weighted by Crippen LogP contribution is 2.16. The molecular formula is C10H13ClFN. The first-order chi connectivity index (χ1) is 6.27. The summed E-state index contributed by atoms with van der Waals surface area (Å²) in [4.78, 5) is 0. The second kappa shape index (κ2) is 5.20. The van der Waals surface area contributed by atoms with Crippen LogP contribution in [0, 0.1) is 0 Å². The standard InChI is InChI=1S/C10H13ClFN/c1-2-13-10(7-12)8-3-5-9(11)6-4-8/h3-6,10,13H,2,7H2,1H3. The van der Waals surface area contributed by atoms with Crippen LogP contribution < -0.4 is 5.32 Å². The van der Waals surface area contributed by atoms with E-state index in [0.717, 1.165) is 12.1 Å². The summed E-state index contributed by atoms with van der Waals surface area (Å²) in [5.41, 5.74) is 0.939. The largest absolute Gasteiger partial charge is 0.308 e. The molecule has 0 bridgehead atoms. The average Bonchev–Trinajstić information content (AvgIpc) is 2.16. The first-order valence-electron chi connectivity index (χ1n) is 4.32. The van der Waals surface area contributed by atoms with E-state index in [1.165, 1.54) is 0 Å². The lowest BCUT2D eigenvalue weighted by Gasteiger charge is -2.13. The van der Waals surface area contributed by atoms with Gasteiger partial charge >= 0.3 is 0 Å². The Morgan fingerprint density at radius 3 is 2.46 bits per heavy atom. The van der Waals surface area contributed by atoms with Gasteiger partial charge in [-0.3, -0.25) is 0 Å². The highest BCUT2D eigenvalue weighted by atomic mass is 35.5. The summed E-state index contributed by atoms with van der Waals surface area (Å²) in [6.07, 6.45) is 0. The van der Waals surface area contributed by atoms with Gasteiger partial charge in [0.05, 0.1) is 6.04 Å². The molecule has 1 nitrogen and oxygen atoms in total. The van der Waals surface area contributed by atoms with Gasteiger partial charge in [0.25, 0.3) is 0 Å². The van der Waals surface area contributed by atoms with Gasteiger partial charge in [-0.15, -0.1) is 0 Å². The van der Waals surface area contributed by atoms with Crippen molar-refractivity contribution in [2.24, 2.45) is 0 Å². The number of alkyl halides is 1. The fourth-order valence-electron chi connectivity index (χ4n) is 1.20. The highest BCUT2D eigenvalue weighted by molar-refractivity contribution is 6.30. The highest BCUT2D eigenvalue weighted by Gasteiger charge is 2.08. The van der Waals surface area contributed by atoms with Gasteiger partial charge in [0.15, 0.2) is 0 Å². The maximum Gasteiger partial charge on any atom is 0.109 e. The van der Waals surface area contributed by atoms with Crippen molar-refractivity contribution in [1.82, 2.24) is 5.32 Å². The van der Waals surface area contributed by atoms with Crippen LogP contribution in [0.15, 0.2) is 24.3 Å². The molecule has 0 aliphatic heterocycles. The fraction of sp³-hybridized carbons (Fsp3) is 0.400. The molecule has 72 valence electrons. The lowest BCUT2D eigenvalue weighted by molar-refractivity contribution is 0.387. The van der Waals surface area contributed by atoms with Crippen molar-refractivity contribution in [1.29, 1.82) is 0 Å². The van der Waals surface area contributed by atoms with E-state index in [-0.39, 0.29) is 6.04 Å². The predicted molar refractivity (Wildman–Crippen MR) is 53.8 cm³/mol. The zero-order valence-electron chi connectivity index (χ0n) is 7.56. The summed E-state index contributed by atoms with van der Waals surface area (Å²) in [7, 11) is 0. The molecule has 0 heterocycles. The lowest BCUT2D eigenvalue weighted by Crippen LogP contribution is -2.22. The molecule has 0 aliphatic rings. The number of halogens is 2. The summed E-state index contributed by atoms with van der Waals surface area (Å²) in [5, 5.41) is 3.73. The Kier molecular flexibility index (Phi) is 4.19. The summed E-state index contributed by atoms with van der Waals surface area (Å²) in [6, 6.07) is 7.03. The smallest absolute Gasteiger partial charge is 0.109 e. The van der Waals surface area contributed by atoms with E-state index in [2.05, 4.69) is 5.32 Å². The maximum atomic E-state index is 12.5. The molecule has 13 heavy (non-hydrogen) atoms. The molecule has 0 saturated heterocycles. The predicted octanol–water partition coefficient (Wildman–Crippen LogP) is 2.96. The van der Waals surface area contributed by atoms with Crippen LogP contribution >= 0.6 is 11.6 Å². The molecule has 1 atom stereocenters. The van der Waals surface area contributed by atoms with E-state index < -0.39 is 6.67 Å². The normalized spacial score (nSPS) is 12.8. The average molecular weight is 202 g/mol. The molecule has 0 aliphatic carbocycles. The van der Waals surface area contributed by atoms with Crippen LogP contribution in [0.3, 0.4) is 0 Å². The molecule has 0 radical (unpaired) electrons. The van der Waals surface area contributed by atoms with E-state index in [1.54, 1.807) is 12.1 Å². The Morgan fingerprint density at radius 1 is 1.38 bits per heavy atom. The Hall–Kier alpha value is -0.600. The Bertz CT molecular complexity index is 248. The van der Waals surface area contributed by atoms with Gasteiger partial charge in [0, 0.05) is 5.02 Å². The third-order valence-corrected chi connectivity index (χ3v) is 2.13. The molecule has 0 saturated carbocycles. The first-order valence-corrected chi connectivity index (χ1v) is 4.70. The quantitative estimate of drug-likeness (QED) is 0.790. The van der Waals surface area contributed by atoms with Crippen LogP contribution in [-0.4, -0.2) is 13.2 Å². The minimum Gasteiger partial charge on any atom is -0.308 e. The molecule has 0 spiro atoms. The molecule has 0 aromatic heterocycles. The van der Waals surface area contributed by atoms with Gasteiger partial charge in [-0.25, -0.2) is 4.39 Å². The van der Waals surface area contributed by atoms with Gasteiger partial charge in [-0.05, 0) is 24.2 Å². The molecule has 0 amide bonds.